The molecule has 13 rings (SSSR count). The van der Waals surface area contributed by atoms with Gasteiger partial charge in [0, 0.05) is 16.8 Å². The first-order valence-corrected chi connectivity index (χ1v) is 22.9. The number of benzene rings is 11. The number of fused-ring (bicyclic) bond motifs is 11. The van der Waals surface area contributed by atoms with E-state index in [2.05, 4.69) is 266 Å². The van der Waals surface area contributed by atoms with E-state index in [1.54, 1.807) is 0 Å². The van der Waals surface area contributed by atoms with E-state index in [0.717, 1.165) is 17.1 Å². The van der Waals surface area contributed by atoms with Crippen molar-refractivity contribution in [2.75, 3.05) is 4.90 Å². The molecule has 0 saturated heterocycles. The average Bonchev–Trinajstić information content (AvgIpc) is 3.87. The Labute approximate surface area is 386 Å². The molecule has 11 aromatic rings. The molecule has 0 unspecified atom stereocenters. The first kappa shape index (κ1) is 38.0. The average molecular weight is 838 g/mol. The molecule has 0 heterocycles. The molecule has 66 heavy (non-hydrogen) atoms. The smallest absolute Gasteiger partial charge is 0.0726 e. The van der Waals surface area contributed by atoms with E-state index in [1.165, 1.54) is 99.8 Å². The third-order valence-electron chi connectivity index (χ3n) is 14.1. The largest absolute Gasteiger partial charge is 0.309 e. The maximum absolute atomic E-state index is 2.55. The lowest BCUT2D eigenvalue weighted by atomic mass is 9.70. The van der Waals surface area contributed by atoms with Crippen LogP contribution in [0.4, 0.5) is 17.1 Å². The summed E-state index contributed by atoms with van der Waals surface area (Å²) >= 11 is 0. The van der Waals surface area contributed by atoms with Crippen molar-refractivity contribution < 1.29 is 0 Å². The summed E-state index contributed by atoms with van der Waals surface area (Å²) in [5.74, 6) is 0. The Bertz CT molecular complexity index is 3590. The number of hydrogen-bond donors (Lipinski definition) is 0. The first-order chi connectivity index (χ1) is 32.8. The fourth-order valence-corrected chi connectivity index (χ4v) is 11.4. The third kappa shape index (κ3) is 5.67. The minimum absolute atomic E-state index is 0.479. The lowest BCUT2D eigenvalue weighted by Crippen LogP contribution is -2.26. The maximum atomic E-state index is 2.55. The molecule has 0 fully saturated rings. The molecule has 2 aliphatic rings. The van der Waals surface area contributed by atoms with Crippen molar-refractivity contribution >= 4 is 27.8 Å². The zero-order valence-electron chi connectivity index (χ0n) is 36.3. The summed E-state index contributed by atoms with van der Waals surface area (Å²) in [4.78, 5) is 2.55. The van der Waals surface area contributed by atoms with Gasteiger partial charge in [0.1, 0.15) is 0 Å². The van der Waals surface area contributed by atoms with Gasteiger partial charge >= 0.3 is 0 Å². The minimum Gasteiger partial charge on any atom is -0.309 e. The number of hydrogen-bond acceptors (Lipinski definition) is 1. The molecule has 0 amide bonds. The molecule has 308 valence electrons. The van der Waals surface area contributed by atoms with E-state index in [0.29, 0.717) is 0 Å². The highest BCUT2D eigenvalue weighted by atomic mass is 15.1. The molecular formula is C65H43N. The van der Waals surface area contributed by atoms with Crippen molar-refractivity contribution in [1.29, 1.82) is 0 Å². The molecule has 0 bridgehead atoms. The van der Waals surface area contributed by atoms with Gasteiger partial charge in [-0.2, -0.15) is 0 Å². The quantitative estimate of drug-likeness (QED) is 0.155. The van der Waals surface area contributed by atoms with Gasteiger partial charge in [0.2, 0.25) is 0 Å². The monoisotopic (exact) mass is 837 g/mol. The molecule has 0 aromatic heterocycles. The summed E-state index contributed by atoms with van der Waals surface area (Å²) < 4.78 is 0. The molecule has 0 saturated carbocycles. The van der Waals surface area contributed by atoms with Gasteiger partial charge in [-0.3, -0.25) is 0 Å². The highest BCUT2D eigenvalue weighted by molar-refractivity contribution is 6.06. The van der Waals surface area contributed by atoms with Crippen LogP contribution in [0.2, 0.25) is 0 Å². The zero-order chi connectivity index (χ0) is 43.6. The van der Waals surface area contributed by atoms with Crippen LogP contribution in [0.15, 0.2) is 261 Å². The van der Waals surface area contributed by atoms with Crippen molar-refractivity contribution in [1.82, 2.24) is 0 Å². The molecule has 0 aliphatic heterocycles. The van der Waals surface area contributed by atoms with E-state index in [9.17, 15) is 0 Å². The molecule has 1 nitrogen and oxygen atoms in total. The van der Waals surface area contributed by atoms with Crippen LogP contribution in [0, 0.1) is 0 Å². The Morgan fingerprint density at radius 1 is 0.242 bits per heavy atom. The van der Waals surface area contributed by atoms with Crippen LogP contribution >= 0.6 is 0 Å². The fraction of sp³-hybridized carbons (Fsp3) is 0.0154. The number of anilines is 3. The predicted octanol–water partition coefficient (Wildman–Crippen LogP) is 17.3. The molecule has 0 N–H and O–H groups in total. The maximum Gasteiger partial charge on any atom is 0.0726 e. The molecule has 11 aromatic carbocycles. The highest BCUT2D eigenvalue weighted by Crippen LogP contribution is 2.65. The molecule has 0 atom stereocenters. The molecule has 2 aliphatic carbocycles. The van der Waals surface area contributed by atoms with Gasteiger partial charge in [0.25, 0.3) is 0 Å². The van der Waals surface area contributed by atoms with Crippen molar-refractivity contribution in [3.05, 3.63) is 283 Å². The summed E-state index contributed by atoms with van der Waals surface area (Å²) in [7, 11) is 0. The van der Waals surface area contributed by atoms with Crippen molar-refractivity contribution in [3.8, 4) is 66.8 Å². The lowest BCUT2D eigenvalue weighted by molar-refractivity contribution is 0.794. The zero-order valence-corrected chi connectivity index (χ0v) is 36.3. The minimum atomic E-state index is -0.479. The van der Waals surface area contributed by atoms with E-state index in [-0.39, 0.29) is 0 Å². The normalized spacial score (nSPS) is 12.7. The molecule has 1 spiro atoms. The standard InChI is InChI=1S/C65H43N/c1-3-20-44(21-4-1)51-27-9-10-30-55(51)63-52(46-22-5-2-6-23-46)33-18-38-61(63)66(48-42-40-47(41-43-48)50-32-17-25-45-24-7-8-26-49(45)50)62-39-19-37-60-64(62)56-31-13-16-36-59(56)65(60)57-34-14-11-28-53(57)54-29-12-15-35-58(54)65/h1-43H. The second-order valence-electron chi connectivity index (χ2n) is 17.5. The fourth-order valence-electron chi connectivity index (χ4n) is 11.4. The van der Waals surface area contributed by atoms with Gasteiger partial charge in [-0.15, -0.1) is 0 Å². The first-order valence-electron chi connectivity index (χ1n) is 22.9. The van der Waals surface area contributed by atoms with Crippen molar-refractivity contribution in [2.24, 2.45) is 0 Å². The summed E-state index contributed by atoms with van der Waals surface area (Å²) in [5, 5.41) is 2.49. The Balaban J connectivity index is 1.13. The second-order valence-corrected chi connectivity index (χ2v) is 17.5. The summed E-state index contributed by atoms with van der Waals surface area (Å²) in [5.41, 5.74) is 22.8. The molecule has 1 heteroatoms. The van der Waals surface area contributed by atoms with Gasteiger partial charge in [-0.05, 0) is 113 Å². The van der Waals surface area contributed by atoms with E-state index >= 15 is 0 Å². The van der Waals surface area contributed by atoms with Gasteiger partial charge in [0.15, 0.2) is 0 Å². The Morgan fingerprint density at radius 2 is 0.667 bits per heavy atom. The third-order valence-corrected chi connectivity index (χ3v) is 14.1. The van der Waals surface area contributed by atoms with E-state index in [4.69, 9.17) is 0 Å². The number of nitrogens with zero attached hydrogens (tertiary/aromatic N) is 1. The van der Waals surface area contributed by atoms with Gasteiger partial charge in [-0.25, -0.2) is 0 Å². The van der Waals surface area contributed by atoms with Crippen LogP contribution in [0.25, 0.3) is 77.5 Å². The summed E-state index contributed by atoms with van der Waals surface area (Å²) in [6, 6.07) is 96.4. The summed E-state index contributed by atoms with van der Waals surface area (Å²) in [6.45, 7) is 0. The van der Waals surface area contributed by atoms with Crippen LogP contribution in [-0.2, 0) is 5.41 Å². The van der Waals surface area contributed by atoms with Crippen LogP contribution in [0.3, 0.4) is 0 Å². The number of rotatable bonds is 7. The van der Waals surface area contributed by atoms with Crippen LogP contribution in [0.1, 0.15) is 22.3 Å². The van der Waals surface area contributed by atoms with Crippen LogP contribution in [0.5, 0.6) is 0 Å². The Morgan fingerprint density at radius 3 is 1.35 bits per heavy atom. The SMILES string of the molecule is c1ccc(-c2ccccc2-c2c(-c3ccccc3)cccc2N(c2ccc(-c3cccc4ccccc34)cc2)c2cccc3c2-c2ccccc2C32c3ccccc3-c3ccccc32)cc1. The topological polar surface area (TPSA) is 3.24 Å². The predicted molar refractivity (Wildman–Crippen MR) is 277 cm³/mol. The van der Waals surface area contributed by atoms with Crippen molar-refractivity contribution in [2.45, 2.75) is 5.41 Å². The lowest BCUT2D eigenvalue weighted by Gasteiger charge is -2.33. The Hall–Kier alpha value is -8.52. The molecular weight excluding hydrogens is 795 g/mol. The van der Waals surface area contributed by atoms with Gasteiger partial charge in [0.05, 0.1) is 16.8 Å². The van der Waals surface area contributed by atoms with E-state index in [1.807, 2.05) is 0 Å². The second kappa shape index (κ2) is 15.3. The highest BCUT2D eigenvalue weighted by Gasteiger charge is 2.52. The Kier molecular flexibility index (Phi) is 8.82. The van der Waals surface area contributed by atoms with Gasteiger partial charge < -0.3 is 4.90 Å². The van der Waals surface area contributed by atoms with Crippen LogP contribution < -0.4 is 4.90 Å². The van der Waals surface area contributed by atoms with Crippen molar-refractivity contribution in [3.63, 3.8) is 0 Å². The van der Waals surface area contributed by atoms with Gasteiger partial charge in [-0.1, -0.05) is 237 Å². The van der Waals surface area contributed by atoms with E-state index < -0.39 is 5.41 Å². The molecule has 0 radical (unpaired) electrons. The van der Waals surface area contributed by atoms with Crippen LogP contribution in [-0.4, -0.2) is 0 Å². The summed E-state index contributed by atoms with van der Waals surface area (Å²) in [6.07, 6.45) is 0.